The molecule has 0 aliphatic heterocycles. The van der Waals surface area contributed by atoms with Gasteiger partial charge in [-0.15, -0.1) is 0 Å². The molecule has 0 aromatic heterocycles. The highest BCUT2D eigenvalue weighted by atomic mass is 16.5. The minimum absolute atomic E-state index is 0.441. The van der Waals surface area contributed by atoms with Crippen molar-refractivity contribution in [3.63, 3.8) is 0 Å². The fourth-order valence-corrected chi connectivity index (χ4v) is 2.24. The molecule has 0 amide bonds. The number of aliphatic hydroxyl groups excluding tert-OH is 1. The number of aliphatic hydroxyl groups is 1. The molecule has 0 spiro atoms. The molecular formula is C16H27NO2. The van der Waals surface area contributed by atoms with Crippen LogP contribution in [0.3, 0.4) is 0 Å². The predicted octanol–water partition coefficient (Wildman–Crippen LogP) is 3.37. The monoisotopic (exact) mass is 265 g/mol. The lowest BCUT2D eigenvalue weighted by Gasteiger charge is -2.28. The van der Waals surface area contributed by atoms with Crippen LogP contribution in [0.2, 0.25) is 0 Å². The van der Waals surface area contributed by atoms with E-state index in [-0.39, 0.29) is 0 Å². The van der Waals surface area contributed by atoms with Crippen LogP contribution in [0.15, 0.2) is 18.2 Å². The summed E-state index contributed by atoms with van der Waals surface area (Å²) in [5.41, 5.74) is 2.08. The lowest BCUT2D eigenvalue weighted by molar-refractivity contribution is 0.195. The first-order valence-electron chi connectivity index (χ1n) is 7.12. The van der Waals surface area contributed by atoms with Gasteiger partial charge < -0.3 is 9.84 Å². The van der Waals surface area contributed by atoms with E-state index in [0.717, 1.165) is 36.4 Å². The molecule has 0 heterocycles. The zero-order valence-corrected chi connectivity index (χ0v) is 12.8. The Morgan fingerprint density at radius 2 is 1.95 bits per heavy atom. The second kappa shape index (κ2) is 7.51. The van der Waals surface area contributed by atoms with E-state index in [9.17, 15) is 5.11 Å². The lowest BCUT2D eigenvalue weighted by Crippen LogP contribution is -2.32. The number of rotatable bonds is 7. The van der Waals surface area contributed by atoms with Gasteiger partial charge in [-0.25, -0.2) is 0 Å². The molecule has 0 bridgehead atoms. The van der Waals surface area contributed by atoms with Gasteiger partial charge in [0.2, 0.25) is 0 Å². The van der Waals surface area contributed by atoms with Crippen molar-refractivity contribution in [2.75, 3.05) is 13.7 Å². The van der Waals surface area contributed by atoms with Crippen molar-refractivity contribution >= 4 is 0 Å². The molecule has 0 saturated heterocycles. The molecule has 0 saturated carbocycles. The van der Waals surface area contributed by atoms with Gasteiger partial charge in [0.15, 0.2) is 0 Å². The maximum atomic E-state index is 9.70. The molecule has 0 aliphatic rings. The molecule has 0 fully saturated rings. The molecular weight excluding hydrogens is 238 g/mol. The van der Waals surface area contributed by atoms with E-state index in [0.29, 0.717) is 6.04 Å². The van der Waals surface area contributed by atoms with Crippen molar-refractivity contribution in [1.29, 1.82) is 0 Å². The van der Waals surface area contributed by atoms with Gasteiger partial charge in [-0.05, 0) is 44.5 Å². The zero-order chi connectivity index (χ0) is 14.4. The third-order valence-corrected chi connectivity index (χ3v) is 3.78. The van der Waals surface area contributed by atoms with Gasteiger partial charge in [-0.3, -0.25) is 4.90 Å². The summed E-state index contributed by atoms with van der Waals surface area (Å²) in [5, 5.41) is 9.70. The predicted molar refractivity (Wildman–Crippen MR) is 79.5 cm³/mol. The van der Waals surface area contributed by atoms with Gasteiger partial charge in [0.05, 0.1) is 13.2 Å². The molecule has 3 nitrogen and oxygen atoms in total. The summed E-state index contributed by atoms with van der Waals surface area (Å²) in [5.74, 6) is 0.895. The van der Waals surface area contributed by atoms with Crippen LogP contribution in [0, 0.1) is 0 Å². The molecule has 2 atom stereocenters. The average Bonchev–Trinajstić information content (AvgIpc) is 2.43. The zero-order valence-electron chi connectivity index (χ0n) is 12.8. The topological polar surface area (TPSA) is 32.7 Å². The van der Waals surface area contributed by atoms with Crippen LogP contribution in [-0.2, 0) is 6.54 Å². The van der Waals surface area contributed by atoms with Crippen LogP contribution in [0.25, 0.3) is 0 Å². The van der Waals surface area contributed by atoms with Gasteiger partial charge in [0, 0.05) is 18.2 Å². The third-order valence-electron chi connectivity index (χ3n) is 3.78. The number of nitrogens with zero attached hydrogens (tertiary/aromatic N) is 1. The highest BCUT2D eigenvalue weighted by Gasteiger charge is 2.14. The number of methoxy groups -OCH3 is 1. The van der Waals surface area contributed by atoms with Gasteiger partial charge in [0.25, 0.3) is 0 Å². The van der Waals surface area contributed by atoms with Gasteiger partial charge >= 0.3 is 0 Å². The fourth-order valence-electron chi connectivity index (χ4n) is 2.24. The number of hydrogen-bond donors (Lipinski definition) is 1. The Hall–Kier alpha value is -1.06. The number of benzene rings is 1. The molecule has 0 radical (unpaired) electrons. The van der Waals surface area contributed by atoms with E-state index >= 15 is 0 Å². The van der Waals surface area contributed by atoms with Gasteiger partial charge in [-0.1, -0.05) is 19.9 Å². The molecule has 1 aromatic carbocycles. The highest BCUT2D eigenvalue weighted by Crippen LogP contribution is 2.25. The second-order valence-electron chi connectivity index (χ2n) is 5.07. The van der Waals surface area contributed by atoms with Crippen LogP contribution in [0.1, 0.15) is 51.3 Å². The van der Waals surface area contributed by atoms with Crippen molar-refractivity contribution < 1.29 is 9.84 Å². The van der Waals surface area contributed by atoms with Crippen LogP contribution in [-0.4, -0.2) is 29.7 Å². The van der Waals surface area contributed by atoms with Crippen molar-refractivity contribution in [2.45, 2.75) is 52.8 Å². The first kappa shape index (κ1) is 16.0. The molecule has 108 valence electrons. The fraction of sp³-hybridized carbons (Fsp3) is 0.625. The summed E-state index contributed by atoms with van der Waals surface area (Å²) in [7, 11) is 1.69. The normalized spacial score (nSPS) is 14.5. The minimum Gasteiger partial charge on any atom is -0.496 e. The number of hydrogen-bond acceptors (Lipinski definition) is 3. The summed E-state index contributed by atoms with van der Waals surface area (Å²) in [6.07, 6.45) is 0.690. The molecule has 0 aliphatic carbocycles. The summed E-state index contributed by atoms with van der Waals surface area (Å²) < 4.78 is 5.43. The van der Waals surface area contributed by atoms with E-state index in [1.165, 1.54) is 0 Å². The lowest BCUT2D eigenvalue weighted by atomic mass is 10.0. The summed E-state index contributed by atoms with van der Waals surface area (Å²) >= 11 is 0. The van der Waals surface area contributed by atoms with E-state index in [1.54, 1.807) is 14.0 Å². The molecule has 1 N–H and O–H groups in total. The van der Waals surface area contributed by atoms with E-state index in [2.05, 4.69) is 31.7 Å². The van der Waals surface area contributed by atoms with Crippen molar-refractivity contribution in [2.24, 2.45) is 0 Å². The third kappa shape index (κ3) is 4.22. The Labute approximate surface area is 117 Å². The van der Waals surface area contributed by atoms with Gasteiger partial charge in [-0.2, -0.15) is 0 Å². The highest BCUT2D eigenvalue weighted by molar-refractivity contribution is 5.38. The molecule has 1 rings (SSSR count). The summed E-state index contributed by atoms with van der Waals surface area (Å²) in [6, 6.07) is 6.47. The Morgan fingerprint density at radius 1 is 1.26 bits per heavy atom. The van der Waals surface area contributed by atoms with Crippen LogP contribution in [0.4, 0.5) is 0 Å². The summed E-state index contributed by atoms with van der Waals surface area (Å²) in [6.45, 7) is 10.3. The molecule has 2 unspecified atom stereocenters. The standard InChI is InChI=1S/C16H27NO2/c1-6-12(3)17(7-2)11-15-10-14(13(4)18)8-9-16(15)19-5/h8-10,12-13,18H,6-7,11H2,1-5H3. The quantitative estimate of drug-likeness (QED) is 0.820. The Bertz CT molecular complexity index is 390. The second-order valence-corrected chi connectivity index (χ2v) is 5.07. The minimum atomic E-state index is -0.441. The largest absolute Gasteiger partial charge is 0.496 e. The smallest absolute Gasteiger partial charge is 0.123 e. The Kier molecular flexibility index (Phi) is 6.32. The first-order valence-corrected chi connectivity index (χ1v) is 7.12. The van der Waals surface area contributed by atoms with Crippen LogP contribution >= 0.6 is 0 Å². The van der Waals surface area contributed by atoms with E-state index in [1.807, 2.05) is 12.1 Å². The van der Waals surface area contributed by atoms with E-state index in [4.69, 9.17) is 4.74 Å². The van der Waals surface area contributed by atoms with Crippen molar-refractivity contribution in [1.82, 2.24) is 4.90 Å². The number of ether oxygens (including phenoxy) is 1. The molecule has 3 heteroatoms. The van der Waals surface area contributed by atoms with Crippen LogP contribution in [0.5, 0.6) is 5.75 Å². The van der Waals surface area contributed by atoms with Crippen LogP contribution < -0.4 is 4.74 Å². The molecule has 19 heavy (non-hydrogen) atoms. The SMILES string of the molecule is CCC(C)N(CC)Cc1cc(C(C)O)ccc1OC. The van der Waals surface area contributed by atoms with Crippen molar-refractivity contribution in [3.05, 3.63) is 29.3 Å². The average molecular weight is 265 g/mol. The van der Waals surface area contributed by atoms with Gasteiger partial charge in [0.1, 0.15) is 5.75 Å². The van der Waals surface area contributed by atoms with E-state index < -0.39 is 6.10 Å². The Balaban J connectivity index is 2.99. The molecule has 1 aromatic rings. The summed E-state index contributed by atoms with van der Waals surface area (Å²) in [4.78, 5) is 2.42. The first-order chi connectivity index (χ1) is 9.03. The maximum Gasteiger partial charge on any atom is 0.123 e. The Morgan fingerprint density at radius 3 is 2.42 bits per heavy atom. The van der Waals surface area contributed by atoms with Crippen molar-refractivity contribution in [3.8, 4) is 5.75 Å². The maximum absolute atomic E-state index is 9.70.